The Hall–Kier alpha value is -2.53. The van der Waals surface area contributed by atoms with Crippen molar-refractivity contribution in [3.63, 3.8) is 0 Å². The quantitative estimate of drug-likeness (QED) is 0.853. The number of urea groups is 1. The molecule has 2 heterocycles. The van der Waals surface area contributed by atoms with Crippen molar-refractivity contribution in [3.05, 3.63) is 54.1 Å². The highest BCUT2D eigenvalue weighted by Gasteiger charge is 2.47. The lowest BCUT2D eigenvalue weighted by atomic mass is 9.81. The molecule has 0 aromatic heterocycles. The van der Waals surface area contributed by atoms with Gasteiger partial charge in [0.05, 0.1) is 18.7 Å². The Kier molecular flexibility index (Phi) is 5.27. The Labute approximate surface area is 167 Å². The second kappa shape index (κ2) is 7.84. The molecule has 1 saturated heterocycles. The van der Waals surface area contributed by atoms with Gasteiger partial charge in [-0.3, -0.25) is 0 Å². The predicted octanol–water partition coefficient (Wildman–Crippen LogP) is 3.65. The average molecular weight is 380 g/mol. The minimum Gasteiger partial charge on any atom is -0.394 e. The van der Waals surface area contributed by atoms with Crippen molar-refractivity contribution in [2.75, 3.05) is 31.6 Å². The van der Waals surface area contributed by atoms with Crippen molar-refractivity contribution in [2.45, 2.75) is 31.8 Å². The summed E-state index contributed by atoms with van der Waals surface area (Å²) in [7, 11) is 2.05. The first kappa shape index (κ1) is 18.8. The second-order valence-electron chi connectivity index (χ2n) is 7.82. The van der Waals surface area contributed by atoms with Crippen molar-refractivity contribution in [3.8, 4) is 11.1 Å². The van der Waals surface area contributed by atoms with Crippen LogP contribution in [-0.4, -0.2) is 48.8 Å². The molecule has 2 aromatic carbocycles. The number of fused-ring (bicyclic) bond motifs is 3. The number of nitrogens with one attached hydrogen (secondary N) is 1. The summed E-state index contributed by atoms with van der Waals surface area (Å²) in [6, 6.07) is 16.9. The number of anilines is 1. The monoisotopic (exact) mass is 379 g/mol. The van der Waals surface area contributed by atoms with Crippen LogP contribution in [0.15, 0.2) is 48.5 Å². The Bertz CT molecular complexity index is 839. The lowest BCUT2D eigenvalue weighted by Crippen LogP contribution is -2.49. The predicted molar refractivity (Wildman–Crippen MR) is 112 cm³/mol. The highest BCUT2D eigenvalue weighted by molar-refractivity contribution is 5.77. The molecule has 1 fully saturated rings. The summed E-state index contributed by atoms with van der Waals surface area (Å²) in [4.78, 5) is 17.0. The van der Waals surface area contributed by atoms with Crippen LogP contribution < -0.4 is 10.2 Å². The van der Waals surface area contributed by atoms with Gasteiger partial charge in [-0.05, 0) is 41.7 Å². The van der Waals surface area contributed by atoms with Crippen LogP contribution in [0.5, 0.6) is 0 Å². The van der Waals surface area contributed by atoms with Gasteiger partial charge in [-0.1, -0.05) is 43.3 Å². The maximum atomic E-state index is 12.8. The van der Waals surface area contributed by atoms with Gasteiger partial charge >= 0.3 is 6.03 Å². The summed E-state index contributed by atoms with van der Waals surface area (Å²) in [5, 5.41) is 13.1. The zero-order valence-corrected chi connectivity index (χ0v) is 16.6. The molecule has 2 amide bonds. The lowest BCUT2D eigenvalue weighted by Gasteiger charge is -2.44. The number of carbonyl (C=O) groups is 1. The van der Waals surface area contributed by atoms with E-state index in [1.807, 2.05) is 23.1 Å². The fourth-order valence-corrected chi connectivity index (χ4v) is 4.83. The van der Waals surface area contributed by atoms with Crippen LogP contribution in [0.3, 0.4) is 0 Å². The standard InChI is InChI=1S/C23H29N3O2/c1-3-12-24-23(28)26-13-11-18-21(15-27)25(2)20-10-9-17(14-19(20)22(18)26)16-7-5-4-6-8-16/h4-10,14,18,21-22,27H,3,11-13,15H2,1-2H3,(H,24,28)/t18-,21-,22-/m0/s1. The van der Waals surface area contributed by atoms with E-state index in [1.54, 1.807) is 0 Å². The van der Waals surface area contributed by atoms with E-state index in [-0.39, 0.29) is 30.6 Å². The van der Waals surface area contributed by atoms with Gasteiger partial charge in [0.2, 0.25) is 0 Å². The highest BCUT2D eigenvalue weighted by atomic mass is 16.3. The minimum atomic E-state index is 0.00358. The Morgan fingerprint density at radius 1 is 1.18 bits per heavy atom. The van der Waals surface area contributed by atoms with Gasteiger partial charge in [0.25, 0.3) is 0 Å². The number of carbonyl (C=O) groups excluding carboxylic acids is 1. The van der Waals surface area contributed by atoms with Gasteiger partial charge in [-0.15, -0.1) is 0 Å². The molecule has 148 valence electrons. The summed E-state index contributed by atoms with van der Waals surface area (Å²) in [5.41, 5.74) is 4.63. The molecule has 4 rings (SSSR count). The number of hydrogen-bond donors (Lipinski definition) is 2. The number of aliphatic hydroxyl groups is 1. The molecule has 0 saturated carbocycles. The summed E-state index contributed by atoms with van der Waals surface area (Å²) in [5.74, 6) is 0.237. The number of amides is 2. The molecule has 5 nitrogen and oxygen atoms in total. The van der Waals surface area contributed by atoms with Crippen LogP contribution in [-0.2, 0) is 0 Å². The largest absolute Gasteiger partial charge is 0.394 e. The Morgan fingerprint density at radius 2 is 1.96 bits per heavy atom. The van der Waals surface area contributed by atoms with Crippen LogP contribution in [0.4, 0.5) is 10.5 Å². The second-order valence-corrected chi connectivity index (χ2v) is 7.82. The number of likely N-dealkylation sites (tertiary alicyclic amines) is 1. The van der Waals surface area contributed by atoms with Gasteiger partial charge in [0.15, 0.2) is 0 Å². The Balaban J connectivity index is 1.77. The molecular weight excluding hydrogens is 350 g/mol. The van der Waals surface area contributed by atoms with Crippen molar-refractivity contribution in [1.29, 1.82) is 0 Å². The van der Waals surface area contributed by atoms with Gasteiger partial charge < -0.3 is 20.2 Å². The van der Waals surface area contributed by atoms with E-state index in [0.29, 0.717) is 6.54 Å². The van der Waals surface area contributed by atoms with Crippen molar-refractivity contribution >= 4 is 11.7 Å². The molecule has 28 heavy (non-hydrogen) atoms. The van der Waals surface area contributed by atoms with Gasteiger partial charge in [-0.2, -0.15) is 0 Å². The third-order valence-corrected chi connectivity index (χ3v) is 6.24. The molecular formula is C23H29N3O2. The van der Waals surface area contributed by atoms with E-state index in [0.717, 1.165) is 30.6 Å². The lowest BCUT2D eigenvalue weighted by molar-refractivity contribution is 0.161. The third kappa shape index (κ3) is 3.14. The summed E-state index contributed by atoms with van der Waals surface area (Å²) < 4.78 is 0. The van der Waals surface area contributed by atoms with E-state index in [4.69, 9.17) is 0 Å². The number of hydrogen-bond acceptors (Lipinski definition) is 3. The molecule has 2 aromatic rings. The van der Waals surface area contributed by atoms with Crippen molar-refractivity contribution < 1.29 is 9.90 Å². The highest BCUT2D eigenvalue weighted by Crippen LogP contribution is 2.49. The molecule has 2 aliphatic heterocycles. The zero-order valence-electron chi connectivity index (χ0n) is 16.6. The van der Waals surface area contributed by atoms with E-state index >= 15 is 0 Å². The maximum Gasteiger partial charge on any atom is 0.317 e. The van der Waals surface area contributed by atoms with Crippen LogP contribution in [0.25, 0.3) is 11.1 Å². The molecule has 5 heteroatoms. The molecule has 3 atom stereocenters. The topological polar surface area (TPSA) is 55.8 Å². The first-order valence-electron chi connectivity index (χ1n) is 10.2. The van der Waals surface area contributed by atoms with Crippen LogP contribution in [0, 0.1) is 5.92 Å². The van der Waals surface area contributed by atoms with Gasteiger partial charge in [0, 0.05) is 31.7 Å². The van der Waals surface area contributed by atoms with E-state index < -0.39 is 0 Å². The number of likely N-dealkylation sites (N-methyl/N-ethyl adjacent to an activating group) is 1. The van der Waals surface area contributed by atoms with Crippen molar-refractivity contribution in [1.82, 2.24) is 10.2 Å². The van der Waals surface area contributed by atoms with Crippen LogP contribution in [0.1, 0.15) is 31.4 Å². The number of benzene rings is 2. The van der Waals surface area contributed by atoms with E-state index in [1.165, 1.54) is 11.1 Å². The molecule has 0 radical (unpaired) electrons. The van der Waals surface area contributed by atoms with Gasteiger partial charge in [-0.25, -0.2) is 4.79 Å². The van der Waals surface area contributed by atoms with Crippen LogP contribution >= 0.6 is 0 Å². The molecule has 0 unspecified atom stereocenters. The number of aliphatic hydroxyl groups excluding tert-OH is 1. The average Bonchev–Trinajstić information content (AvgIpc) is 3.18. The van der Waals surface area contributed by atoms with Gasteiger partial charge in [0.1, 0.15) is 0 Å². The third-order valence-electron chi connectivity index (χ3n) is 6.24. The fourth-order valence-electron chi connectivity index (χ4n) is 4.83. The van der Waals surface area contributed by atoms with Crippen LogP contribution in [0.2, 0.25) is 0 Å². The molecule has 0 bridgehead atoms. The number of nitrogens with zero attached hydrogens (tertiary/aromatic N) is 2. The summed E-state index contributed by atoms with van der Waals surface area (Å²) in [6.07, 6.45) is 1.83. The SMILES string of the molecule is CCCNC(=O)N1CC[C@@H]2[C@H]1c1cc(-c3ccccc3)ccc1N(C)[C@H]2CO. The first-order valence-corrected chi connectivity index (χ1v) is 10.2. The molecule has 2 N–H and O–H groups in total. The Morgan fingerprint density at radius 3 is 2.68 bits per heavy atom. The van der Waals surface area contributed by atoms with E-state index in [9.17, 15) is 9.90 Å². The molecule has 0 spiro atoms. The zero-order chi connectivity index (χ0) is 19.7. The fraction of sp³-hybridized carbons (Fsp3) is 0.435. The normalized spacial score (nSPS) is 23.3. The minimum absolute atomic E-state index is 0.00358. The molecule has 0 aliphatic carbocycles. The summed E-state index contributed by atoms with van der Waals surface area (Å²) in [6.45, 7) is 3.57. The number of rotatable bonds is 4. The van der Waals surface area contributed by atoms with Crippen molar-refractivity contribution in [2.24, 2.45) is 5.92 Å². The first-order chi connectivity index (χ1) is 13.7. The molecule has 2 aliphatic rings. The summed E-state index contributed by atoms with van der Waals surface area (Å²) >= 11 is 0. The maximum absolute atomic E-state index is 12.8. The smallest absolute Gasteiger partial charge is 0.317 e. The van der Waals surface area contributed by atoms with E-state index in [2.05, 4.69) is 54.5 Å².